The molecule has 6 heteroatoms. The van der Waals surface area contributed by atoms with E-state index in [1.54, 1.807) is 42.1 Å². The lowest BCUT2D eigenvalue weighted by molar-refractivity contribution is -0.367. The van der Waals surface area contributed by atoms with Gasteiger partial charge < -0.3 is 9.78 Å². The minimum atomic E-state index is 0.200. The highest BCUT2D eigenvalue weighted by atomic mass is 127. The van der Waals surface area contributed by atoms with Gasteiger partial charge in [0.25, 0.3) is 0 Å². The Morgan fingerprint density at radius 2 is 1.77 bits per heavy atom. The van der Waals surface area contributed by atoms with Crippen LogP contribution in [0.3, 0.4) is 0 Å². The lowest BCUT2D eigenvalue weighted by atomic mass is 10.2. The molecule has 0 aromatic heterocycles. The zero-order valence-electron chi connectivity index (χ0n) is 6.62. The summed E-state index contributed by atoms with van der Waals surface area (Å²) in [6.45, 7) is 1.80. The molecule has 0 atom stereocenters. The van der Waals surface area contributed by atoms with Gasteiger partial charge in [-0.15, -0.1) is 3.22 Å². The summed E-state index contributed by atoms with van der Waals surface area (Å²) >= 11 is 1.57. The van der Waals surface area contributed by atoms with Crippen LogP contribution in [0.25, 0.3) is 0 Å². The summed E-state index contributed by atoms with van der Waals surface area (Å²) in [7, 11) is 0. The van der Waals surface area contributed by atoms with E-state index >= 15 is 0 Å². The molecule has 0 fully saturated rings. The molecule has 72 valence electrons. The molecule has 0 bridgehead atoms. The highest BCUT2D eigenvalue weighted by molar-refractivity contribution is 14.1. The number of hydrogen-bond donors (Lipinski definition) is 0. The van der Waals surface area contributed by atoms with Gasteiger partial charge in [0.15, 0.2) is 34.5 Å². The molecule has 0 saturated carbocycles. The summed E-state index contributed by atoms with van der Waals surface area (Å²) in [4.78, 5) is 8.87. The van der Waals surface area contributed by atoms with Crippen LogP contribution in [0.15, 0.2) is 18.2 Å². The average Bonchev–Trinajstić information content (AvgIpc) is 2.04. The number of halogens is 2. The maximum Gasteiger partial charge on any atom is 0.173 e. The number of rotatable bonds is 4. The fourth-order valence-electron chi connectivity index (χ4n) is 0.883. The van der Waals surface area contributed by atoms with Crippen molar-refractivity contribution in [2.75, 3.05) is 0 Å². The highest BCUT2D eigenvalue weighted by Gasteiger charge is 2.02. The van der Waals surface area contributed by atoms with Crippen LogP contribution in [0.5, 0.6) is 11.5 Å². The Morgan fingerprint density at radius 1 is 1.15 bits per heavy atom. The minimum absolute atomic E-state index is 0.200. The molecule has 0 amide bonds. The minimum Gasteiger partial charge on any atom is -0.327 e. The van der Waals surface area contributed by atoms with Crippen LogP contribution in [0, 0.1) is 6.92 Å². The molecule has 0 unspecified atom stereocenters. The van der Waals surface area contributed by atoms with Crippen molar-refractivity contribution in [2.45, 2.75) is 6.92 Å². The molecule has 1 rings (SSSR count). The maximum absolute atomic E-state index is 11.3. The monoisotopic (exact) mass is 300 g/mol. The first-order valence-electron chi connectivity index (χ1n) is 3.28. The third-order valence-corrected chi connectivity index (χ3v) is 1.46. The Bertz CT molecular complexity index is 257. The van der Waals surface area contributed by atoms with Crippen molar-refractivity contribution < 1.29 is 22.6 Å². The molecule has 0 aliphatic rings. The van der Waals surface area contributed by atoms with Crippen molar-refractivity contribution in [3.63, 3.8) is 0 Å². The predicted octanol–water partition coefficient (Wildman–Crippen LogP) is 2.85. The molecular weight excluding hydrogens is 294 g/mol. The third kappa shape index (κ3) is 3.33. The topological polar surface area (TPSA) is 36.9 Å². The van der Waals surface area contributed by atoms with Crippen molar-refractivity contribution >= 4 is 23.0 Å². The molecule has 0 radical (unpaired) electrons. The summed E-state index contributed by atoms with van der Waals surface area (Å²) in [5.74, 6) is 0.604. The first kappa shape index (κ1) is 10.5. The van der Waals surface area contributed by atoms with Gasteiger partial charge >= 0.3 is 0 Å². The average molecular weight is 300 g/mol. The van der Waals surface area contributed by atoms with Gasteiger partial charge in [0.2, 0.25) is 0 Å². The SMILES string of the molecule is Cc1cc(OOF)cc(OOI)c1. The van der Waals surface area contributed by atoms with Crippen molar-refractivity contribution in [1.29, 1.82) is 0 Å². The summed E-state index contributed by atoms with van der Waals surface area (Å²) in [5.41, 5.74) is 0.831. The lowest BCUT2D eigenvalue weighted by Gasteiger charge is -2.03. The number of hydrogen-bond acceptors (Lipinski definition) is 4. The second-order valence-electron chi connectivity index (χ2n) is 2.27. The van der Waals surface area contributed by atoms with Crippen LogP contribution in [0.4, 0.5) is 4.53 Å². The van der Waals surface area contributed by atoms with Gasteiger partial charge in [-0.05, 0) is 29.1 Å². The van der Waals surface area contributed by atoms with Crippen LogP contribution >= 0.6 is 23.0 Å². The van der Waals surface area contributed by atoms with Crippen molar-refractivity contribution in [2.24, 2.45) is 0 Å². The predicted molar refractivity (Wildman–Crippen MR) is 49.7 cm³/mol. The van der Waals surface area contributed by atoms with Crippen LogP contribution in [0.2, 0.25) is 0 Å². The Morgan fingerprint density at radius 3 is 2.31 bits per heavy atom. The number of aryl methyl sites for hydroxylation is 1. The van der Waals surface area contributed by atoms with Gasteiger partial charge in [-0.3, -0.25) is 0 Å². The van der Waals surface area contributed by atoms with E-state index < -0.39 is 0 Å². The molecule has 0 aliphatic carbocycles. The molecule has 1 aromatic carbocycles. The van der Waals surface area contributed by atoms with Gasteiger partial charge in [0, 0.05) is 11.2 Å². The molecular formula is C7H6FIO4. The lowest BCUT2D eigenvalue weighted by Crippen LogP contribution is -1.91. The Hall–Kier alpha value is -0.600. The zero-order chi connectivity index (χ0) is 9.68. The first-order chi connectivity index (χ1) is 6.26. The molecule has 13 heavy (non-hydrogen) atoms. The Balaban J connectivity index is 2.83. The van der Waals surface area contributed by atoms with E-state index in [-0.39, 0.29) is 5.75 Å². The van der Waals surface area contributed by atoms with Crippen molar-refractivity contribution in [1.82, 2.24) is 0 Å². The third-order valence-electron chi connectivity index (χ3n) is 1.28. The van der Waals surface area contributed by atoms with Crippen LogP contribution < -0.4 is 9.78 Å². The van der Waals surface area contributed by atoms with E-state index in [1.165, 1.54) is 6.07 Å². The van der Waals surface area contributed by atoms with E-state index in [1.807, 2.05) is 0 Å². The summed E-state index contributed by atoms with van der Waals surface area (Å²) in [5, 5.41) is 3.02. The standard InChI is InChI=1S/C7H6FIO4/c1-5-2-6(10-12-8)4-7(3-5)11-13-9/h2-4H,1H3. The second kappa shape index (κ2) is 5.20. The molecule has 0 spiro atoms. The Labute approximate surface area is 88.0 Å². The second-order valence-corrected chi connectivity index (χ2v) is 2.63. The van der Waals surface area contributed by atoms with Crippen molar-refractivity contribution in [3.05, 3.63) is 23.8 Å². The Kier molecular flexibility index (Phi) is 4.19. The maximum atomic E-state index is 11.3. The first-order valence-corrected chi connectivity index (χ1v) is 4.16. The van der Waals surface area contributed by atoms with Gasteiger partial charge in [0.05, 0.1) is 0 Å². The smallest absolute Gasteiger partial charge is 0.173 e. The van der Waals surface area contributed by atoms with E-state index in [9.17, 15) is 4.53 Å². The van der Waals surface area contributed by atoms with Crippen LogP contribution in [-0.2, 0) is 8.31 Å². The van der Waals surface area contributed by atoms with Gasteiger partial charge in [-0.25, -0.2) is 0 Å². The van der Waals surface area contributed by atoms with Gasteiger partial charge in [-0.2, -0.15) is 0 Å². The normalized spacial score (nSPS) is 9.77. The molecule has 0 N–H and O–H groups in total. The van der Waals surface area contributed by atoms with Gasteiger partial charge in [-0.1, -0.05) is 0 Å². The van der Waals surface area contributed by atoms with E-state index in [4.69, 9.17) is 4.89 Å². The van der Waals surface area contributed by atoms with Crippen molar-refractivity contribution in [3.8, 4) is 11.5 Å². The van der Waals surface area contributed by atoms with E-state index in [0.29, 0.717) is 5.75 Å². The van der Waals surface area contributed by atoms with Crippen LogP contribution in [-0.4, -0.2) is 0 Å². The van der Waals surface area contributed by atoms with Crippen LogP contribution in [0.1, 0.15) is 5.56 Å². The molecule has 1 aromatic rings. The van der Waals surface area contributed by atoms with E-state index in [2.05, 4.69) is 13.2 Å². The molecule has 0 saturated heterocycles. The van der Waals surface area contributed by atoms with E-state index in [0.717, 1.165) is 5.56 Å². The zero-order valence-corrected chi connectivity index (χ0v) is 8.78. The molecule has 4 nitrogen and oxygen atoms in total. The summed E-state index contributed by atoms with van der Waals surface area (Å²) in [6, 6.07) is 4.70. The molecule has 0 heterocycles. The summed E-state index contributed by atoms with van der Waals surface area (Å²) in [6.07, 6.45) is 0. The van der Waals surface area contributed by atoms with Gasteiger partial charge in [0.1, 0.15) is 0 Å². The fourth-order valence-corrected chi connectivity index (χ4v) is 1.09. The quantitative estimate of drug-likeness (QED) is 0.487. The number of benzene rings is 1. The highest BCUT2D eigenvalue weighted by Crippen LogP contribution is 2.23. The molecule has 0 aliphatic heterocycles. The summed E-state index contributed by atoms with van der Waals surface area (Å²) < 4.78 is 15.7. The fraction of sp³-hybridized carbons (Fsp3) is 0.143. The largest absolute Gasteiger partial charge is 0.327 e.